The Morgan fingerprint density at radius 1 is 1.31 bits per heavy atom. The van der Waals surface area contributed by atoms with Crippen molar-refractivity contribution in [1.29, 1.82) is 0 Å². The molecule has 0 fully saturated rings. The maximum absolute atomic E-state index is 8.68. The van der Waals surface area contributed by atoms with Crippen LogP contribution in [0.2, 0.25) is 0 Å². The molecule has 0 saturated carbocycles. The van der Waals surface area contributed by atoms with Gasteiger partial charge in [0.15, 0.2) is 0 Å². The molecular formula is C10H16N2O. The Labute approximate surface area is 78.8 Å². The molecule has 0 radical (unpaired) electrons. The molecule has 0 aliphatic heterocycles. The van der Waals surface area contributed by atoms with E-state index >= 15 is 0 Å². The molecule has 1 rings (SSSR count). The third kappa shape index (κ3) is 2.72. The van der Waals surface area contributed by atoms with Crippen molar-refractivity contribution in [1.82, 2.24) is 0 Å². The molecule has 3 nitrogen and oxygen atoms in total. The van der Waals surface area contributed by atoms with Crippen LogP contribution >= 0.6 is 0 Å². The summed E-state index contributed by atoms with van der Waals surface area (Å²) < 4.78 is 0. The minimum atomic E-state index is 0.0754. The second-order valence-electron chi connectivity index (χ2n) is 2.94. The lowest BCUT2D eigenvalue weighted by Crippen LogP contribution is -2.33. The van der Waals surface area contributed by atoms with E-state index in [0.29, 0.717) is 6.54 Å². The smallest absolute Gasteiger partial charge is 0.0622 e. The summed E-state index contributed by atoms with van der Waals surface area (Å²) in [5, 5.41) is 10.2. The van der Waals surface area contributed by atoms with Gasteiger partial charge in [0.2, 0.25) is 0 Å². The number of anilines is 1. The minimum absolute atomic E-state index is 0.0754. The lowest BCUT2D eigenvalue weighted by atomic mass is 10.1. The Balaban J connectivity index is 2.67. The zero-order valence-electron chi connectivity index (χ0n) is 7.90. The van der Waals surface area contributed by atoms with E-state index in [4.69, 9.17) is 10.9 Å². The summed E-state index contributed by atoms with van der Waals surface area (Å²) in [6.45, 7) is 2.65. The number of benzene rings is 1. The predicted molar refractivity (Wildman–Crippen MR) is 54.4 cm³/mol. The van der Waals surface area contributed by atoms with E-state index < -0.39 is 0 Å². The van der Waals surface area contributed by atoms with Crippen LogP contribution < -0.4 is 10.9 Å². The van der Waals surface area contributed by atoms with Crippen molar-refractivity contribution in [2.45, 2.75) is 13.3 Å². The van der Waals surface area contributed by atoms with Crippen molar-refractivity contribution in [3.05, 3.63) is 29.8 Å². The number of aliphatic hydroxyl groups excluding tert-OH is 1. The van der Waals surface area contributed by atoms with Gasteiger partial charge < -0.3 is 10.1 Å². The van der Waals surface area contributed by atoms with Gasteiger partial charge >= 0.3 is 0 Å². The number of aryl methyl sites for hydroxylation is 1. The number of aliphatic hydroxyl groups is 1. The van der Waals surface area contributed by atoms with Crippen LogP contribution in [-0.2, 0) is 6.42 Å². The summed E-state index contributed by atoms with van der Waals surface area (Å²) in [5.41, 5.74) is 2.23. The van der Waals surface area contributed by atoms with Crippen LogP contribution in [0.15, 0.2) is 24.3 Å². The van der Waals surface area contributed by atoms with Crippen LogP contribution in [-0.4, -0.2) is 18.3 Å². The van der Waals surface area contributed by atoms with Crippen LogP contribution in [0.4, 0.5) is 5.69 Å². The van der Waals surface area contributed by atoms with E-state index in [1.165, 1.54) is 5.56 Å². The first-order valence-electron chi connectivity index (χ1n) is 4.50. The molecule has 72 valence electrons. The zero-order valence-corrected chi connectivity index (χ0v) is 7.90. The van der Waals surface area contributed by atoms with Gasteiger partial charge in [0.1, 0.15) is 0 Å². The number of hydrogen-bond donors (Lipinski definition) is 2. The molecule has 3 N–H and O–H groups in total. The number of nitrogens with two attached hydrogens (primary N) is 1. The maximum Gasteiger partial charge on any atom is 0.0622 e. The van der Waals surface area contributed by atoms with Crippen molar-refractivity contribution in [2.24, 2.45) is 5.84 Å². The van der Waals surface area contributed by atoms with E-state index in [1.54, 1.807) is 5.01 Å². The SMILES string of the molecule is CCc1ccc(N(N)CCO)cc1. The molecule has 3 heteroatoms. The highest BCUT2D eigenvalue weighted by atomic mass is 16.3. The Kier molecular flexibility index (Phi) is 3.73. The highest BCUT2D eigenvalue weighted by Gasteiger charge is 1.99. The van der Waals surface area contributed by atoms with Gasteiger partial charge in [0, 0.05) is 0 Å². The molecule has 0 unspecified atom stereocenters. The topological polar surface area (TPSA) is 49.5 Å². The van der Waals surface area contributed by atoms with Gasteiger partial charge in [-0.25, -0.2) is 5.84 Å². The molecule has 1 aromatic carbocycles. The molecule has 0 bridgehead atoms. The van der Waals surface area contributed by atoms with Crippen LogP contribution in [0.25, 0.3) is 0 Å². The largest absolute Gasteiger partial charge is 0.394 e. The molecular weight excluding hydrogens is 164 g/mol. The highest BCUT2D eigenvalue weighted by molar-refractivity contribution is 5.46. The fraction of sp³-hybridized carbons (Fsp3) is 0.400. The second-order valence-corrected chi connectivity index (χ2v) is 2.94. The summed E-state index contributed by atoms with van der Waals surface area (Å²) in [6, 6.07) is 8.03. The molecule has 0 amide bonds. The van der Waals surface area contributed by atoms with Gasteiger partial charge in [-0.2, -0.15) is 0 Å². The van der Waals surface area contributed by atoms with Crippen LogP contribution in [0.3, 0.4) is 0 Å². The average Bonchev–Trinajstić information content (AvgIpc) is 2.18. The van der Waals surface area contributed by atoms with E-state index in [0.717, 1.165) is 12.1 Å². The van der Waals surface area contributed by atoms with Crippen molar-refractivity contribution in [2.75, 3.05) is 18.2 Å². The fourth-order valence-electron chi connectivity index (χ4n) is 1.16. The van der Waals surface area contributed by atoms with E-state index in [-0.39, 0.29) is 6.61 Å². The number of rotatable bonds is 4. The maximum atomic E-state index is 8.68. The molecule has 0 spiro atoms. The molecule has 0 aliphatic carbocycles. The molecule has 0 aromatic heterocycles. The summed E-state index contributed by atoms with van der Waals surface area (Å²) >= 11 is 0. The van der Waals surface area contributed by atoms with Crippen molar-refractivity contribution in [3.63, 3.8) is 0 Å². The van der Waals surface area contributed by atoms with Crippen LogP contribution in [0.1, 0.15) is 12.5 Å². The summed E-state index contributed by atoms with van der Waals surface area (Å²) in [6.07, 6.45) is 1.03. The summed E-state index contributed by atoms with van der Waals surface area (Å²) in [4.78, 5) is 0. The van der Waals surface area contributed by atoms with Crippen molar-refractivity contribution in [3.8, 4) is 0 Å². The third-order valence-electron chi connectivity index (χ3n) is 2.02. The minimum Gasteiger partial charge on any atom is -0.394 e. The molecule has 0 saturated heterocycles. The van der Waals surface area contributed by atoms with Gasteiger partial charge in [-0.1, -0.05) is 19.1 Å². The molecule has 0 heterocycles. The first kappa shape index (κ1) is 10.0. The Morgan fingerprint density at radius 2 is 1.92 bits per heavy atom. The summed E-state index contributed by atoms with van der Waals surface area (Å²) in [5.74, 6) is 5.67. The second kappa shape index (κ2) is 4.84. The Morgan fingerprint density at radius 3 is 2.38 bits per heavy atom. The van der Waals surface area contributed by atoms with Gasteiger partial charge in [0.25, 0.3) is 0 Å². The van der Waals surface area contributed by atoms with Crippen LogP contribution in [0.5, 0.6) is 0 Å². The number of hydrazine groups is 1. The Bertz CT molecular complexity index is 246. The van der Waals surface area contributed by atoms with E-state index in [1.807, 2.05) is 24.3 Å². The van der Waals surface area contributed by atoms with Crippen molar-refractivity contribution < 1.29 is 5.11 Å². The van der Waals surface area contributed by atoms with Gasteiger partial charge in [-0.15, -0.1) is 0 Å². The molecule has 0 atom stereocenters. The van der Waals surface area contributed by atoms with Gasteiger partial charge in [-0.3, -0.25) is 0 Å². The fourth-order valence-corrected chi connectivity index (χ4v) is 1.16. The standard InChI is InChI=1S/C10H16N2O/c1-2-9-3-5-10(6-4-9)12(11)7-8-13/h3-6,13H,2,7-8,11H2,1H3. The molecule has 1 aromatic rings. The lowest BCUT2D eigenvalue weighted by molar-refractivity contribution is 0.302. The summed E-state index contributed by atoms with van der Waals surface area (Å²) in [7, 11) is 0. The van der Waals surface area contributed by atoms with E-state index in [2.05, 4.69) is 6.92 Å². The first-order valence-corrected chi connectivity index (χ1v) is 4.50. The monoisotopic (exact) mass is 180 g/mol. The Hall–Kier alpha value is -1.06. The quantitative estimate of drug-likeness (QED) is 0.535. The normalized spacial score (nSPS) is 10.1. The van der Waals surface area contributed by atoms with Crippen molar-refractivity contribution >= 4 is 5.69 Å². The zero-order chi connectivity index (χ0) is 9.68. The number of hydrogen-bond acceptors (Lipinski definition) is 3. The van der Waals surface area contributed by atoms with Gasteiger partial charge in [0.05, 0.1) is 18.8 Å². The average molecular weight is 180 g/mol. The molecule has 13 heavy (non-hydrogen) atoms. The van der Waals surface area contributed by atoms with E-state index in [9.17, 15) is 0 Å². The van der Waals surface area contributed by atoms with Gasteiger partial charge in [-0.05, 0) is 24.1 Å². The lowest BCUT2D eigenvalue weighted by Gasteiger charge is -2.17. The highest BCUT2D eigenvalue weighted by Crippen LogP contribution is 2.12. The first-order chi connectivity index (χ1) is 6.27. The van der Waals surface area contributed by atoms with Crippen LogP contribution in [0, 0.1) is 0 Å². The number of nitrogens with zero attached hydrogens (tertiary/aromatic N) is 1. The molecule has 0 aliphatic rings. The predicted octanol–water partition coefficient (Wildman–Crippen LogP) is 0.921. The third-order valence-corrected chi connectivity index (χ3v) is 2.02.